The fourth-order valence-corrected chi connectivity index (χ4v) is 5.95. The third kappa shape index (κ3) is 4.50. The van der Waals surface area contributed by atoms with Crippen molar-refractivity contribution < 1.29 is 14.2 Å². The molecular weight excluding hydrogens is 472 g/mol. The Kier molecular flexibility index (Phi) is 6.48. The first-order valence-corrected chi connectivity index (χ1v) is 12.5. The monoisotopic (exact) mass is 496 g/mol. The molecule has 6 nitrogen and oxygen atoms in total. The van der Waals surface area contributed by atoms with Crippen LogP contribution in [-0.2, 0) is 12.8 Å². The summed E-state index contributed by atoms with van der Waals surface area (Å²) in [6, 6.07) is 13.0. The first-order valence-electron chi connectivity index (χ1n) is 11.3. The predicted molar refractivity (Wildman–Crippen MR) is 136 cm³/mol. The molecule has 8 heteroatoms. The molecule has 0 bridgehead atoms. The summed E-state index contributed by atoms with van der Waals surface area (Å²) in [7, 11) is 1.55. The maximum absolute atomic E-state index is 13.0. The van der Waals surface area contributed by atoms with Crippen LogP contribution in [0.5, 0.6) is 17.2 Å². The first-order chi connectivity index (χ1) is 16.5. The number of nitrogens with one attached hydrogen (secondary N) is 1. The van der Waals surface area contributed by atoms with Gasteiger partial charge in [0.2, 0.25) is 0 Å². The van der Waals surface area contributed by atoms with E-state index in [2.05, 4.69) is 11.9 Å². The lowest BCUT2D eigenvalue weighted by atomic mass is 9.89. The molecule has 0 saturated heterocycles. The highest BCUT2D eigenvalue weighted by Crippen LogP contribution is 2.40. The van der Waals surface area contributed by atoms with Crippen molar-refractivity contribution in [3.63, 3.8) is 0 Å². The molecule has 1 aliphatic rings. The molecule has 2 aromatic heterocycles. The molecule has 0 unspecified atom stereocenters. The molecular formula is C26H25ClN2O4S. The van der Waals surface area contributed by atoms with Crippen LogP contribution in [0.2, 0.25) is 5.02 Å². The number of ether oxygens (including phenoxy) is 3. The van der Waals surface area contributed by atoms with Gasteiger partial charge in [0.15, 0.2) is 11.5 Å². The van der Waals surface area contributed by atoms with Crippen LogP contribution < -0.4 is 19.8 Å². The second kappa shape index (κ2) is 9.68. The molecule has 0 radical (unpaired) electrons. The minimum Gasteiger partial charge on any atom is -0.493 e. The van der Waals surface area contributed by atoms with Gasteiger partial charge in [-0.05, 0) is 55.0 Å². The summed E-state index contributed by atoms with van der Waals surface area (Å²) in [5.41, 5.74) is 1.71. The Hall–Kier alpha value is -3.03. The highest BCUT2D eigenvalue weighted by atomic mass is 35.5. The number of halogens is 1. The topological polar surface area (TPSA) is 73.4 Å². The number of hydrogen-bond acceptors (Lipinski definition) is 6. The highest BCUT2D eigenvalue weighted by molar-refractivity contribution is 7.18. The Bertz CT molecular complexity index is 1380. The van der Waals surface area contributed by atoms with Crippen molar-refractivity contribution in [1.82, 2.24) is 9.97 Å². The lowest BCUT2D eigenvalue weighted by Crippen LogP contribution is -2.13. The van der Waals surface area contributed by atoms with Gasteiger partial charge in [0, 0.05) is 10.4 Å². The molecule has 176 valence electrons. The fourth-order valence-electron chi connectivity index (χ4n) is 4.30. The Balaban J connectivity index is 1.40. The normalized spacial score (nSPS) is 15.2. The Morgan fingerprint density at radius 3 is 2.76 bits per heavy atom. The zero-order chi connectivity index (χ0) is 23.7. The number of rotatable bonds is 7. The Morgan fingerprint density at radius 2 is 1.97 bits per heavy atom. The van der Waals surface area contributed by atoms with Gasteiger partial charge in [-0.25, -0.2) is 4.98 Å². The highest BCUT2D eigenvalue weighted by Gasteiger charge is 2.23. The average Bonchev–Trinajstić information content (AvgIpc) is 3.20. The van der Waals surface area contributed by atoms with Gasteiger partial charge in [0.25, 0.3) is 5.56 Å². The summed E-state index contributed by atoms with van der Waals surface area (Å²) in [5.74, 6) is 2.75. The van der Waals surface area contributed by atoms with Crippen molar-refractivity contribution >= 4 is 33.2 Å². The number of fused-ring (bicyclic) bond motifs is 3. The number of H-pyrrole nitrogens is 1. The largest absolute Gasteiger partial charge is 0.493 e. The quantitative estimate of drug-likeness (QED) is 0.323. The van der Waals surface area contributed by atoms with Crippen molar-refractivity contribution in [2.45, 2.75) is 26.2 Å². The van der Waals surface area contributed by atoms with E-state index in [-0.39, 0.29) is 5.56 Å². The Labute approximate surface area is 206 Å². The number of methoxy groups -OCH3 is 1. The molecule has 1 N–H and O–H groups in total. The maximum atomic E-state index is 13.0. The minimum atomic E-state index is -0.111. The lowest BCUT2D eigenvalue weighted by Gasteiger charge is -2.17. The zero-order valence-corrected chi connectivity index (χ0v) is 20.6. The molecule has 1 atom stereocenters. The number of aromatic amines is 1. The third-order valence-electron chi connectivity index (χ3n) is 6.01. The van der Waals surface area contributed by atoms with Gasteiger partial charge in [-0.3, -0.25) is 4.79 Å². The molecule has 4 aromatic rings. The van der Waals surface area contributed by atoms with Gasteiger partial charge in [-0.2, -0.15) is 0 Å². The molecule has 2 heterocycles. The number of aryl methyl sites for hydroxylation is 1. The van der Waals surface area contributed by atoms with Crippen molar-refractivity contribution in [2.24, 2.45) is 5.92 Å². The van der Waals surface area contributed by atoms with Crippen LogP contribution in [0, 0.1) is 5.92 Å². The van der Waals surface area contributed by atoms with Crippen molar-refractivity contribution in [2.75, 3.05) is 20.3 Å². The molecule has 0 aliphatic heterocycles. The molecule has 0 amide bonds. The van der Waals surface area contributed by atoms with E-state index in [1.165, 1.54) is 4.88 Å². The van der Waals surface area contributed by atoms with E-state index >= 15 is 0 Å². The van der Waals surface area contributed by atoms with Crippen molar-refractivity contribution in [3.05, 3.63) is 68.3 Å². The summed E-state index contributed by atoms with van der Waals surface area (Å²) in [6.45, 7) is 2.91. The van der Waals surface area contributed by atoms with Gasteiger partial charge >= 0.3 is 0 Å². The zero-order valence-electron chi connectivity index (χ0n) is 19.0. The maximum Gasteiger partial charge on any atom is 0.260 e. The summed E-state index contributed by atoms with van der Waals surface area (Å²) in [6.07, 6.45) is 3.04. The fraction of sp³-hybridized carbons (Fsp3) is 0.308. The van der Waals surface area contributed by atoms with Crippen LogP contribution >= 0.6 is 22.9 Å². The van der Waals surface area contributed by atoms with E-state index in [9.17, 15) is 4.79 Å². The lowest BCUT2D eigenvalue weighted by molar-refractivity contribution is 0.211. The van der Waals surface area contributed by atoms with Gasteiger partial charge in [-0.15, -0.1) is 11.3 Å². The molecule has 34 heavy (non-hydrogen) atoms. The SMILES string of the molecule is COc1cc(-c2nc3sc4c(c3c(=O)[nH]2)CC[C@@H](C)C4)cc(Cl)c1OCCOc1ccccc1. The van der Waals surface area contributed by atoms with Crippen LogP contribution in [0.25, 0.3) is 21.6 Å². The predicted octanol–water partition coefficient (Wildman–Crippen LogP) is 5.90. The second-order valence-corrected chi connectivity index (χ2v) is 9.94. The summed E-state index contributed by atoms with van der Waals surface area (Å²) in [4.78, 5) is 22.8. The molecule has 0 fully saturated rings. The van der Waals surface area contributed by atoms with E-state index < -0.39 is 0 Å². The number of benzene rings is 2. The third-order valence-corrected chi connectivity index (χ3v) is 7.44. The molecule has 0 spiro atoms. The number of aromatic nitrogens is 2. The molecule has 1 aliphatic carbocycles. The van der Waals surface area contributed by atoms with E-state index in [0.29, 0.717) is 47.0 Å². The van der Waals surface area contributed by atoms with Crippen molar-refractivity contribution in [1.29, 1.82) is 0 Å². The standard InChI is InChI=1S/C26H25ClN2O4S/c1-15-8-9-18-21(12-15)34-26-22(18)25(30)28-24(29-26)16-13-19(27)23(20(14-16)31-2)33-11-10-32-17-6-4-3-5-7-17/h3-7,13-15H,8-12H2,1-2H3,(H,28,29,30)/t15-/m1/s1. The minimum absolute atomic E-state index is 0.111. The van der Waals surface area contributed by atoms with Crippen molar-refractivity contribution in [3.8, 4) is 28.6 Å². The number of thiophene rings is 1. The molecule has 2 aromatic carbocycles. The van der Waals surface area contributed by atoms with Crippen LogP contribution in [-0.4, -0.2) is 30.3 Å². The second-order valence-electron chi connectivity index (χ2n) is 8.45. The van der Waals surface area contributed by atoms with Gasteiger partial charge in [-0.1, -0.05) is 36.7 Å². The van der Waals surface area contributed by atoms with E-state index in [4.69, 9.17) is 30.8 Å². The average molecular weight is 497 g/mol. The van der Waals surface area contributed by atoms with Crippen LogP contribution in [0.15, 0.2) is 47.3 Å². The molecule has 0 saturated carbocycles. The first kappa shape index (κ1) is 22.7. The number of nitrogens with zero attached hydrogens (tertiary/aromatic N) is 1. The van der Waals surface area contributed by atoms with Gasteiger partial charge in [0.05, 0.1) is 17.5 Å². The van der Waals surface area contributed by atoms with E-state index in [1.807, 2.05) is 30.3 Å². The van der Waals surface area contributed by atoms with Gasteiger partial charge < -0.3 is 19.2 Å². The van der Waals surface area contributed by atoms with E-state index in [0.717, 1.165) is 40.8 Å². The van der Waals surface area contributed by atoms with Gasteiger partial charge in [0.1, 0.15) is 29.6 Å². The summed E-state index contributed by atoms with van der Waals surface area (Å²) < 4.78 is 17.1. The Morgan fingerprint density at radius 1 is 1.18 bits per heavy atom. The van der Waals surface area contributed by atoms with Crippen LogP contribution in [0.3, 0.4) is 0 Å². The number of para-hydroxylation sites is 1. The van der Waals surface area contributed by atoms with E-state index in [1.54, 1.807) is 30.6 Å². The smallest absolute Gasteiger partial charge is 0.260 e. The summed E-state index contributed by atoms with van der Waals surface area (Å²) in [5, 5.41) is 1.10. The molecule has 5 rings (SSSR count). The van der Waals surface area contributed by atoms with Crippen LogP contribution in [0.4, 0.5) is 0 Å². The van der Waals surface area contributed by atoms with Crippen LogP contribution in [0.1, 0.15) is 23.8 Å². The number of hydrogen-bond donors (Lipinski definition) is 1. The summed E-state index contributed by atoms with van der Waals surface area (Å²) >= 11 is 8.17.